The van der Waals surface area contributed by atoms with Gasteiger partial charge in [-0.05, 0) is 66.1 Å². The molecule has 0 aliphatic carbocycles. The van der Waals surface area contributed by atoms with E-state index in [2.05, 4.69) is 52.9 Å². The monoisotopic (exact) mass is 483 g/mol. The minimum atomic E-state index is -0.993. The lowest BCUT2D eigenvalue weighted by Crippen LogP contribution is -2.52. The van der Waals surface area contributed by atoms with Crippen LogP contribution >= 0.6 is 0 Å². The Kier molecular flexibility index (Phi) is 7.35. The van der Waals surface area contributed by atoms with Crippen LogP contribution in [0.5, 0.6) is 5.75 Å². The highest BCUT2D eigenvalue weighted by Gasteiger charge is 2.40. The van der Waals surface area contributed by atoms with Crippen molar-refractivity contribution in [2.75, 3.05) is 6.61 Å². The largest absolute Gasteiger partial charge is 0.549 e. The van der Waals surface area contributed by atoms with Gasteiger partial charge < -0.3 is 25.0 Å². The van der Waals surface area contributed by atoms with E-state index in [1.807, 2.05) is 18.3 Å². The van der Waals surface area contributed by atoms with E-state index in [0.717, 1.165) is 48.3 Å². The predicted octanol–water partition coefficient (Wildman–Crippen LogP) is 4.23. The summed E-state index contributed by atoms with van der Waals surface area (Å²) in [4.78, 5) is 15.9. The molecule has 1 aromatic heterocycles. The maximum atomic E-state index is 11.7. The van der Waals surface area contributed by atoms with Gasteiger partial charge in [-0.15, -0.1) is 0 Å². The predicted molar refractivity (Wildman–Crippen MR) is 139 cm³/mol. The molecule has 0 bridgehead atoms. The highest BCUT2D eigenvalue weighted by Crippen LogP contribution is 2.33. The molecule has 2 aliphatic rings. The van der Waals surface area contributed by atoms with Crippen LogP contribution in [-0.4, -0.2) is 35.7 Å². The Labute approximate surface area is 211 Å². The summed E-state index contributed by atoms with van der Waals surface area (Å²) < 4.78 is 12.2. The lowest BCUT2D eigenvalue weighted by Gasteiger charge is -2.32. The van der Waals surface area contributed by atoms with Gasteiger partial charge in [-0.1, -0.05) is 42.5 Å². The van der Waals surface area contributed by atoms with Crippen molar-refractivity contribution in [1.82, 2.24) is 15.6 Å². The van der Waals surface area contributed by atoms with Crippen molar-refractivity contribution in [2.24, 2.45) is 0 Å². The van der Waals surface area contributed by atoms with Crippen LogP contribution in [-0.2, 0) is 24.2 Å². The molecule has 0 amide bonds. The number of allylic oxidation sites excluding steroid dienone is 1. The molecule has 184 valence electrons. The van der Waals surface area contributed by atoms with Gasteiger partial charge in [0.1, 0.15) is 5.75 Å². The number of aromatic nitrogens is 1. The van der Waals surface area contributed by atoms with E-state index >= 15 is 0 Å². The third-order valence-corrected chi connectivity index (χ3v) is 6.69. The molecule has 7 nitrogen and oxygen atoms in total. The highest BCUT2D eigenvalue weighted by molar-refractivity contribution is 6.48. The van der Waals surface area contributed by atoms with E-state index in [1.165, 1.54) is 11.1 Å². The van der Waals surface area contributed by atoms with Crippen LogP contribution in [0.3, 0.4) is 0 Å². The first kappa shape index (κ1) is 24.1. The van der Waals surface area contributed by atoms with Crippen molar-refractivity contribution in [3.05, 3.63) is 100 Å². The third kappa shape index (κ3) is 5.45. The Morgan fingerprint density at radius 3 is 2.75 bits per heavy atom. The molecule has 0 saturated carbocycles. The fourth-order valence-electron chi connectivity index (χ4n) is 4.80. The van der Waals surface area contributed by atoms with Crippen molar-refractivity contribution in [3.63, 3.8) is 0 Å². The number of para-hydroxylation sites is 1. The average Bonchev–Trinajstić information content (AvgIpc) is 2.97. The Hall–Kier alpha value is -3.62. The number of benzene rings is 2. The topological polar surface area (TPSA) is 92.7 Å². The first-order valence-electron chi connectivity index (χ1n) is 12.4. The second-order valence-corrected chi connectivity index (χ2v) is 9.33. The zero-order valence-corrected chi connectivity index (χ0v) is 20.4. The van der Waals surface area contributed by atoms with E-state index in [0.29, 0.717) is 18.8 Å². The Bertz CT molecular complexity index is 1250. The first-order chi connectivity index (χ1) is 17.6. The van der Waals surface area contributed by atoms with Gasteiger partial charge in [0.05, 0.1) is 11.5 Å². The molecule has 3 N–H and O–H groups in total. The number of nitrogens with zero attached hydrogens (tertiary/aromatic N) is 1. The standard InChI is InChI=1S/C28H30BN3O4/c1-19-5-4-14-35-29-25(15-23-7-2-8-24(28(33)34)27(23)36-29)32-26(19)22-11-9-20(10-12-22)16-31-18-21-6-3-13-30-17-21/h2-3,6-13,17,25,31-32H,4-5,14-16,18H2,1H3,(H,33,34)/b26-19-/t25-/m0/s1. The molecule has 3 heterocycles. The number of carboxylic acid groups (broad SMARTS) is 1. The fraction of sp³-hybridized carbons (Fsp3) is 0.286. The normalized spacial score (nSPS) is 19.6. The van der Waals surface area contributed by atoms with Gasteiger partial charge in [0.2, 0.25) is 0 Å². The van der Waals surface area contributed by atoms with Crippen LogP contribution in [0.4, 0.5) is 0 Å². The van der Waals surface area contributed by atoms with Crippen molar-refractivity contribution >= 4 is 18.8 Å². The highest BCUT2D eigenvalue weighted by atomic mass is 16.6. The molecule has 8 heteroatoms. The quantitative estimate of drug-likeness (QED) is 0.452. The van der Waals surface area contributed by atoms with Gasteiger partial charge in [-0.25, -0.2) is 4.79 Å². The molecule has 0 saturated heterocycles. The van der Waals surface area contributed by atoms with E-state index in [-0.39, 0.29) is 11.5 Å². The Balaban J connectivity index is 1.32. The van der Waals surface area contributed by atoms with Crippen molar-refractivity contribution in [2.45, 2.75) is 45.2 Å². The molecular weight excluding hydrogens is 453 g/mol. The Morgan fingerprint density at radius 1 is 1.14 bits per heavy atom. The lowest BCUT2D eigenvalue weighted by molar-refractivity contribution is 0.0693. The Morgan fingerprint density at radius 2 is 1.97 bits per heavy atom. The number of hydrogen-bond donors (Lipinski definition) is 3. The molecule has 2 aromatic carbocycles. The number of carboxylic acids is 1. The van der Waals surface area contributed by atoms with Crippen LogP contribution in [0.1, 0.15) is 52.4 Å². The van der Waals surface area contributed by atoms with Gasteiger partial charge in [0.25, 0.3) is 0 Å². The molecule has 2 aliphatic heterocycles. The molecule has 0 fully saturated rings. The minimum absolute atomic E-state index is 0.134. The molecule has 3 aromatic rings. The number of hydrogen-bond acceptors (Lipinski definition) is 6. The van der Waals surface area contributed by atoms with Gasteiger partial charge in [0.15, 0.2) is 0 Å². The fourth-order valence-corrected chi connectivity index (χ4v) is 4.80. The molecule has 0 unspecified atom stereocenters. The lowest BCUT2D eigenvalue weighted by atomic mass is 9.71. The zero-order chi connectivity index (χ0) is 24.9. The average molecular weight is 483 g/mol. The van der Waals surface area contributed by atoms with Gasteiger partial charge >= 0.3 is 13.1 Å². The summed E-state index contributed by atoms with van der Waals surface area (Å²) in [5.41, 5.74) is 6.90. The molecular formula is C28H30BN3O4. The summed E-state index contributed by atoms with van der Waals surface area (Å²) >= 11 is 0. The third-order valence-electron chi connectivity index (χ3n) is 6.69. The first-order valence-corrected chi connectivity index (χ1v) is 12.4. The van der Waals surface area contributed by atoms with Crippen molar-refractivity contribution in [3.8, 4) is 5.75 Å². The number of carbonyl (C=O) groups is 1. The molecule has 36 heavy (non-hydrogen) atoms. The van der Waals surface area contributed by atoms with Gasteiger partial charge in [0, 0.05) is 37.8 Å². The molecule has 5 rings (SSSR count). The van der Waals surface area contributed by atoms with Crippen LogP contribution in [0.2, 0.25) is 0 Å². The number of aromatic carboxylic acids is 1. The summed E-state index contributed by atoms with van der Waals surface area (Å²) in [6.45, 7) is 4.26. The van der Waals surface area contributed by atoms with E-state index < -0.39 is 13.1 Å². The molecule has 1 atom stereocenters. The van der Waals surface area contributed by atoms with E-state index in [1.54, 1.807) is 18.3 Å². The van der Waals surface area contributed by atoms with Crippen molar-refractivity contribution in [1.29, 1.82) is 0 Å². The van der Waals surface area contributed by atoms with E-state index in [9.17, 15) is 9.90 Å². The number of nitrogens with one attached hydrogen (secondary N) is 2. The smallest absolute Gasteiger partial charge is 0.534 e. The van der Waals surface area contributed by atoms with Crippen LogP contribution in [0.25, 0.3) is 5.70 Å². The second kappa shape index (κ2) is 11.0. The summed E-state index contributed by atoms with van der Waals surface area (Å²) in [6, 6.07) is 17.9. The minimum Gasteiger partial charge on any atom is -0.534 e. The second-order valence-electron chi connectivity index (χ2n) is 9.33. The summed E-state index contributed by atoms with van der Waals surface area (Å²) in [6.07, 6.45) is 6.05. The summed E-state index contributed by atoms with van der Waals surface area (Å²) in [7, 11) is -0.560. The van der Waals surface area contributed by atoms with Crippen LogP contribution in [0, 0.1) is 0 Å². The number of pyridine rings is 1. The summed E-state index contributed by atoms with van der Waals surface area (Å²) in [5, 5.41) is 16.8. The van der Waals surface area contributed by atoms with Crippen LogP contribution < -0.4 is 15.3 Å². The summed E-state index contributed by atoms with van der Waals surface area (Å²) in [5.74, 6) is -0.712. The van der Waals surface area contributed by atoms with Gasteiger partial charge in [-0.2, -0.15) is 0 Å². The van der Waals surface area contributed by atoms with Gasteiger partial charge in [-0.3, -0.25) is 4.98 Å². The zero-order valence-electron chi connectivity index (χ0n) is 20.4. The molecule has 0 radical (unpaired) electrons. The maximum absolute atomic E-state index is 11.7. The van der Waals surface area contributed by atoms with E-state index in [4.69, 9.17) is 9.31 Å². The number of rotatable bonds is 6. The SMILES string of the molecule is C/C1=C(\c2ccc(CNCc3cccnc3)cc2)N[C@H]2Cc3cccc(C(=O)O)c3OB2OCCC1. The number of fused-ring (bicyclic) bond motifs is 2. The van der Waals surface area contributed by atoms with Crippen LogP contribution in [0.15, 0.2) is 72.6 Å². The van der Waals surface area contributed by atoms with Crippen molar-refractivity contribution < 1.29 is 19.2 Å². The molecule has 0 spiro atoms. The maximum Gasteiger partial charge on any atom is 0.549 e.